The number of amides is 1. The van der Waals surface area contributed by atoms with Crippen LogP contribution in [0, 0.1) is 0 Å². The Morgan fingerprint density at radius 2 is 1.79 bits per heavy atom. The second kappa shape index (κ2) is 12.2. The van der Waals surface area contributed by atoms with Crippen LogP contribution >= 0.6 is 8.58 Å². The quantitative estimate of drug-likeness (QED) is 0.377. The van der Waals surface area contributed by atoms with Gasteiger partial charge < -0.3 is 19.5 Å². The van der Waals surface area contributed by atoms with Crippen LogP contribution in [0.2, 0.25) is 0 Å². The Hall–Kier alpha value is -0.870. The second-order valence-corrected chi connectivity index (χ2v) is 4.88. The van der Waals surface area contributed by atoms with Crippen molar-refractivity contribution >= 4 is 20.6 Å². The highest BCUT2D eigenvalue weighted by Gasteiger charge is 2.21. The first-order valence-corrected chi connectivity index (χ1v) is 7.95. The Bertz CT molecular complexity index is 263. The van der Waals surface area contributed by atoms with Crippen molar-refractivity contribution in [3.63, 3.8) is 0 Å². The molecule has 1 amide bonds. The molecule has 1 N–H and O–H groups in total. The molecular formula is C12H24NO5P. The van der Waals surface area contributed by atoms with E-state index in [1.54, 1.807) is 13.8 Å². The molecule has 7 heteroatoms. The van der Waals surface area contributed by atoms with Gasteiger partial charge in [-0.25, -0.2) is 9.59 Å². The van der Waals surface area contributed by atoms with E-state index in [2.05, 4.69) is 5.32 Å². The molecular weight excluding hydrogens is 269 g/mol. The molecule has 2 atom stereocenters. The molecule has 0 aliphatic heterocycles. The minimum atomic E-state index is -0.645. The zero-order valence-corrected chi connectivity index (χ0v) is 12.9. The first-order chi connectivity index (χ1) is 9.15. The summed E-state index contributed by atoms with van der Waals surface area (Å²) in [5, 5.41) is 2.52. The van der Waals surface area contributed by atoms with Crippen molar-refractivity contribution in [2.24, 2.45) is 0 Å². The van der Waals surface area contributed by atoms with Gasteiger partial charge in [0.1, 0.15) is 6.04 Å². The Labute approximate surface area is 116 Å². The largest absolute Gasteiger partial charge is 0.464 e. The minimum absolute atomic E-state index is 0.271. The molecule has 0 saturated heterocycles. The Morgan fingerprint density at radius 1 is 1.11 bits per heavy atom. The zero-order valence-electron chi connectivity index (χ0n) is 11.9. The molecule has 2 unspecified atom stereocenters. The van der Waals surface area contributed by atoms with Crippen LogP contribution in [-0.4, -0.2) is 50.4 Å². The van der Waals surface area contributed by atoms with Crippen molar-refractivity contribution in [1.82, 2.24) is 5.32 Å². The number of carbonyl (C=O) groups is 2. The van der Waals surface area contributed by atoms with Gasteiger partial charge in [-0.3, -0.25) is 0 Å². The van der Waals surface area contributed by atoms with Crippen molar-refractivity contribution in [1.29, 1.82) is 0 Å². The van der Waals surface area contributed by atoms with Gasteiger partial charge in [0.15, 0.2) is 0 Å². The van der Waals surface area contributed by atoms with E-state index in [1.165, 1.54) is 0 Å². The average Bonchev–Trinajstić information content (AvgIpc) is 2.37. The maximum Gasteiger partial charge on any atom is 0.407 e. The fraction of sp³-hybridized carbons (Fsp3) is 0.833. The lowest BCUT2D eigenvalue weighted by atomic mass is 10.2. The van der Waals surface area contributed by atoms with E-state index in [-0.39, 0.29) is 6.61 Å². The van der Waals surface area contributed by atoms with E-state index in [0.717, 1.165) is 6.16 Å². The van der Waals surface area contributed by atoms with Crippen LogP contribution in [0.4, 0.5) is 4.79 Å². The summed E-state index contributed by atoms with van der Waals surface area (Å²) in [7, 11) is 0.602. The van der Waals surface area contributed by atoms with Crippen LogP contribution in [0.25, 0.3) is 0 Å². The molecule has 0 rings (SSSR count). The third kappa shape index (κ3) is 9.68. The predicted octanol–water partition coefficient (Wildman–Crippen LogP) is 1.73. The van der Waals surface area contributed by atoms with Gasteiger partial charge in [0.05, 0.1) is 19.6 Å². The highest BCUT2D eigenvalue weighted by Crippen LogP contribution is 2.13. The van der Waals surface area contributed by atoms with Crippen LogP contribution in [0.3, 0.4) is 0 Å². The van der Waals surface area contributed by atoms with Crippen LogP contribution in [0.15, 0.2) is 0 Å². The van der Waals surface area contributed by atoms with Crippen LogP contribution in [-0.2, 0) is 19.0 Å². The average molecular weight is 293 g/mol. The van der Waals surface area contributed by atoms with E-state index in [1.807, 2.05) is 6.92 Å². The zero-order chi connectivity index (χ0) is 14.5. The first kappa shape index (κ1) is 18.1. The fourth-order valence-corrected chi connectivity index (χ4v) is 2.29. The molecule has 0 spiro atoms. The van der Waals surface area contributed by atoms with Crippen molar-refractivity contribution in [2.45, 2.75) is 33.2 Å². The smallest absolute Gasteiger partial charge is 0.407 e. The summed E-state index contributed by atoms with van der Waals surface area (Å²) in [6.45, 7) is 6.64. The van der Waals surface area contributed by atoms with E-state index in [9.17, 15) is 9.59 Å². The molecule has 0 aromatic rings. The minimum Gasteiger partial charge on any atom is -0.464 e. The fourth-order valence-electron chi connectivity index (χ4n) is 1.30. The summed E-state index contributed by atoms with van der Waals surface area (Å²) in [5.74, 6) is -0.420. The number of hydrogen-bond donors (Lipinski definition) is 1. The van der Waals surface area contributed by atoms with Gasteiger partial charge in [-0.1, -0.05) is 8.58 Å². The number of ether oxygens (including phenoxy) is 3. The molecule has 6 nitrogen and oxygen atoms in total. The van der Waals surface area contributed by atoms with Crippen LogP contribution in [0.1, 0.15) is 27.2 Å². The number of carbonyl (C=O) groups excluding carboxylic acids is 2. The molecule has 0 aliphatic rings. The normalized spacial score (nSPS) is 12.4. The molecule has 0 radical (unpaired) electrons. The van der Waals surface area contributed by atoms with Gasteiger partial charge in [-0.2, -0.15) is 0 Å². The molecule has 0 fully saturated rings. The lowest BCUT2D eigenvalue weighted by molar-refractivity contribution is -0.145. The number of rotatable bonds is 10. The summed E-state index contributed by atoms with van der Waals surface area (Å²) < 4.78 is 14.9. The summed E-state index contributed by atoms with van der Waals surface area (Å²) in [6.07, 6.45) is 1.43. The Morgan fingerprint density at radius 3 is 2.37 bits per heavy atom. The lowest BCUT2D eigenvalue weighted by Crippen LogP contribution is -2.42. The van der Waals surface area contributed by atoms with Gasteiger partial charge >= 0.3 is 12.1 Å². The lowest BCUT2D eigenvalue weighted by Gasteiger charge is -2.16. The highest BCUT2D eigenvalue weighted by atomic mass is 31.1. The van der Waals surface area contributed by atoms with Gasteiger partial charge in [-0.05, 0) is 33.4 Å². The topological polar surface area (TPSA) is 73.9 Å². The summed E-state index contributed by atoms with van der Waals surface area (Å²) in [4.78, 5) is 23.0. The van der Waals surface area contributed by atoms with Gasteiger partial charge in [0.25, 0.3) is 0 Å². The Balaban J connectivity index is 4.10. The molecule has 0 bridgehead atoms. The van der Waals surface area contributed by atoms with E-state index < -0.39 is 18.1 Å². The third-order valence-electron chi connectivity index (χ3n) is 2.16. The summed E-state index contributed by atoms with van der Waals surface area (Å²) >= 11 is 0. The maximum atomic E-state index is 11.7. The van der Waals surface area contributed by atoms with Gasteiger partial charge in [-0.15, -0.1) is 0 Å². The van der Waals surface area contributed by atoms with E-state index in [4.69, 9.17) is 14.2 Å². The molecule has 0 aromatic carbocycles. The molecule has 19 heavy (non-hydrogen) atoms. The number of alkyl carbamates (subject to hydrolysis) is 1. The predicted molar refractivity (Wildman–Crippen MR) is 74.9 cm³/mol. The number of esters is 1. The Kier molecular flexibility index (Phi) is 11.6. The number of hydrogen-bond acceptors (Lipinski definition) is 5. The molecule has 0 heterocycles. The van der Waals surface area contributed by atoms with Gasteiger partial charge in [0.2, 0.25) is 0 Å². The second-order valence-electron chi connectivity index (χ2n) is 3.60. The van der Waals surface area contributed by atoms with Gasteiger partial charge in [0, 0.05) is 6.61 Å². The van der Waals surface area contributed by atoms with Crippen molar-refractivity contribution in [3.8, 4) is 0 Å². The van der Waals surface area contributed by atoms with Crippen molar-refractivity contribution in [2.75, 3.05) is 32.3 Å². The standard InChI is InChI=1S/C12H24NO5P/c1-4-16-9-19-8-7-10(11(14)17-5-2)13-12(15)18-6-3/h10,19H,4-9H2,1-3H3,(H,13,15). The summed E-state index contributed by atoms with van der Waals surface area (Å²) in [5.41, 5.74) is 0. The molecule has 0 aliphatic carbocycles. The molecule has 112 valence electrons. The number of nitrogens with one attached hydrogen (secondary N) is 1. The third-order valence-corrected chi connectivity index (χ3v) is 3.21. The van der Waals surface area contributed by atoms with E-state index >= 15 is 0 Å². The van der Waals surface area contributed by atoms with Crippen molar-refractivity contribution < 1.29 is 23.8 Å². The van der Waals surface area contributed by atoms with Crippen molar-refractivity contribution in [3.05, 3.63) is 0 Å². The summed E-state index contributed by atoms with van der Waals surface area (Å²) in [6, 6.07) is -0.645. The maximum absolute atomic E-state index is 11.7. The molecule has 0 saturated carbocycles. The monoisotopic (exact) mass is 293 g/mol. The van der Waals surface area contributed by atoms with E-state index in [0.29, 0.717) is 34.6 Å². The SMILES string of the molecule is CCOCPCCC(NC(=O)OCC)C(=O)OCC. The highest BCUT2D eigenvalue weighted by molar-refractivity contribution is 7.37. The van der Waals surface area contributed by atoms with Crippen LogP contribution < -0.4 is 5.32 Å². The molecule has 0 aromatic heterocycles. The first-order valence-electron chi connectivity index (χ1n) is 6.54. The van der Waals surface area contributed by atoms with Crippen LogP contribution in [0.5, 0.6) is 0 Å².